The minimum absolute atomic E-state index is 0.358. The summed E-state index contributed by atoms with van der Waals surface area (Å²) in [5.74, 6) is -0.588. The van der Waals surface area contributed by atoms with Gasteiger partial charge in [0.1, 0.15) is 12.2 Å². The van der Waals surface area contributed by atoms with Gasteiger partial charge in [0.15, 0.2) is 0 Å². The van der Waals surface area contributed by atoms with Crippen LogP contribution in [0.5, 0.6) is 0 Å². The van der Waals surface area contributed by atoms with Gasteiger partial charge in [-0.25, -0.2) is 0 Å². The highest BCUT2D eigenvalue weighted by atomic mass is 16.3. The van der Waals surface area contributed by atoms with Crippen molar-refractivity contribution < 1.29 is 25.2 Å². The Bertz CT molecular complexity index is 882. The zero-order valence-electron chi connectivity index (χ0n) is 41.2. The highest BCUT2D eigenvalue weighted by Gasteiger charge is 2.28. The second kappa shape index (κ2) is 50.1. The quantitative estimate of drug-likeness (QED) is 0.0309. The summed E-state index contributed by atoms with van der Waals surface area (Å²) < 4.78 is 0. The molecule has 0 spiro atoms. The van der Waals surface area contributed by atoms with Crippen LogP contribution in [0.2, 0.25) is 0 Å². The van der Waals surface area contributed by atoms with E-state index in [0.717, 1.165) is 51.4 Å². The van der Waals surface area contributed by atoms with Crippen LogP contribution in [0.1, 0.15) is 303 Å². The van der Waals surface area contributed by atoms with Gasteiger partial charge in [0.05, 0.1) is 18.8 Å². The number of rotatable bonds is 51. The average molecular weight is 864 g/mol. The molecular weight excluding hydrogens is 755 g/mol. The maximum Gasteiger partial charge on any atom is 0.249 e. The molecule has 6 heteroatoms. The molecule has 0 fully saturated rings. The van der Waals surface area contributed by atoms with Crippen LogP contribution < -0.4 is 5.32 Å². The molecule has 0 saturated carbocycles. The van der Waals surface area contributed by atoms with Crippen LogP contribution in [0.3, 0.4) is 0 Å². The van der Waals surface area contributed by atoms with Gasteiger partial charge in [-0.15, -0.1) is 0 Å². The molecule has 0 radical (unpaired) electrons. The fourth-order valence-electron chi connectivity index (χ4n) is 8.87. The third-order valence-electron chi connectivity index (χ3n) is 13.2. The summed E-state index contributed by atoms with van der Waals surface area (Å²) >= 11 is 0. The lowest BCUT2D eigenvalue weighted by molar-refractivity contribution is -0.132. The normalized spacial score (nSPS) is 13.9. The number of allylic oxidation sites excluding steroid dienone is 2. The standard InChI is InChI=1S/C55H109NO5/c1-3-5-7-9-11-13-15-17-19-21-22-23-24-25-26-27-28-29-30-31-33-34-36-38-40-42-44-46-48-52(58)54(60)51(50-57)56-55(61)53(59)49-47-45-43-41-39-37-35-32-20-18-16-14-12-10-8-6-4-2/h35,37,51-54,57-60H,3-34,36,38-50H2,1-2H3,(H,56,61)/b37-35-. The highest BCUT2D eigenvalue weighted by Crippen LogP contribution is 2.18. The lowest BCUT2D eigenvalue weighted by atomic mass is 9.99. The number of carbonyl (C=O) groups is 1. The summed E-state index contributed by atoms with van der Waals surface area (Å²) in [6.45, 7) is 4.08. The predicted molar refractivity (Wildman–Crippen MR) is 265 cm³/mol. The van der Waals surface area contributed by atoms with Crippen molar-refractivity contribution in [2.24, 2.45) is 0 Å². The fraction of sp³-hybridized carbons (Fsp3) is 0.945. The molecule has 4 atom stereocenters. The van der Waals surface area contributed by atoms with E-state index in [0.29, 0.717) is 12.8 Å². The van der Waals surface area contributed by atoms with Gasteiger partial charge in [-0.05, 0) is 38.5 Å². The summed E-state index contributed by atoms with van der Waals surface area (Å²) in [4.78, 5) is 12.6. The van der Waals surface area contributed by atoms with Crippen molar-refractivity contribution in [1.29, 1.82) is 0 Å². The van der Waals surface area contributed by atoms with Crippen LogP contribution in [0, 0.1) is 0 Å². The van der Waals surface area contributed by atoms with Crippen LogP contribution in [-0.4, -0.2) is 57.3 Å². The van der Waals surface area contributed by atoms with Gasteiger partial charge < -0.3 is 25.7 Å². The Hall–Kier alpha value is -0.950. The van der Waals surface area contributed by atoms with E-state index in [4.69, 9.17) is 0 Å². The third-order valence-corrected chi connectivity index (χ3v) is 13.2. The van der Waals surface area contributed by atoms with E-state index in [-0.39, 0.29) is 0 Å². The molecule has 364 valence electrons. The molecule has 61 heavy (non-hydrogen) atoms. The number of hydrogen-bond donors (Lipinski definition) is 5. The van der Waals surface area contributed by atoms with Gasteiger partial charge >= 0.3 is 0 Å². The van der Waals surface area contributed by atoms with Crippen molar-refractivity contribution in [2.75, 3.05) is 6.61 Å². The van der Waals surface area contributed by atoms with Crippen LogP contribution >= 0.6 is 0 Å². The van der Waals surface area contributed by atoms with Gasteiger partial charge in [0.25, 0.3) is 0 Å². The number of aliphatic hydroxyl groups excluding tert-OH is 4. The van der Waals surface area contributed by atoms with E-state index in [1.165, 1.54) is 225 Å². The first-order valence-corrected chi connectivity index (χ1v) is 27.6. The Balaban J connectivity index is 3.59. The van der Waals surface area contributed by atoms with Crippen molar-refractivity contribution in [2.45, 2.75) is 327 Å². The van der Waals surface area contributed by atoms with E-state index >= 15 is 0 Å². The van der Waals surface area contributed by atoms with E-state index in [2.05, 4.69) is 31.3 Å². The SMILES string of the molecule is CCCCCCCCCCC/C=C\CCCCCCC(O)C(=O)NC(CO)C(O)C(O)CCCCCCCCCCCCCCCCCCCCCCCCCCCCCC. The minimum Gasteiger partial charge on any atom is -0.394 e. The maximum absolute atomic E-state index is 12.6. The predicted octanol–water partition coefficient (Wildman–Crippen LogP) is 15.7. The molecule has 5 N–H and O–H groups in total. The van der Waals surface area contributed by atoms with Crippen LogP contribution in [0.25, 0.3) is 0 Å². The zero-order valence-corrected chi connectivity index (χ0v) is 41.2. The summed E-state index contributed by atoms with van der Waals surface area (Å²) in [7, 11) is 0. The van der Waals surface area contributed by atoms with Crippen molar-refractivity contribution >= 4 is 5.91 Å². The number of aliphatic hydroxyl groups is 4. The monoisotopic (exact) mass is 864 g/mol. The number of nitrogens with one attached hydrogen (secondary N) is 1. The van der Waals surface area contributed by atoms with Crippen LogP contribution in [0.15, 0.2) is 12.2 Å². The molecule has 0 saturated heterocycles. The Kier molecular flexibility index (Phi) is 49.3. The molecular formula is C55H109NO5. The topological polar surface area (TPSA) is 110 Å². The molecule has 0 aliphatic carbocycles. The van der Waals surface area contributed by atoms with E-state index < -0.39 is 36.9 Å². The molecule has 1 amide bonds. The molecule has 0 aromatic rings. The average Bonchev–Trinajstić information content (AvgIpc) is 3.26. The van der Waals surface area contributed by atoms with Gasteiger partial charge in [-0.1, -0.05) is 276 Å². The van der Waals surface area contributed by atoms with Gasteiger partial charge in [0, 0.05) is 0 Å². The maximum atomic E-state index is 12.6. The van der Waals surface area contributed by atoms with E-state index in [1.807, 2.05) is 0 Å². The van der Waals surface area contributed by atoms with Gasteiger partial charge in [-0.3, -0.25) is 4.79 Å². The Morgan fingerprint density at radius 1 is 0.393 bits per heavy atom. The smallest absolute Gasteiger partial charge is 0.249 e. The lowest BCUT2D eigenvalue weighted by Crippen LogP contribution is -2.53. The molecule has 0 aliphatic heterocycles. The molecule has 6 nitrogen and oxygen atoms in total. The van der Waals surface area contributed by atoms with Crippen molar-refractivity contribution in [3.8, 4) is 0 Å². The lowest BCUT2D eigenvalue weighted by Gasteiger charge is -2.27. The Morgan fingerprint density at radius 2 is 0.656 bits per heavy atom. The Morgan fingerprint density at radius 3 is 0.951 bits per heavy atom. The summed E-state index contributed by atoms with van der Waals surface area (Å²) in [6, 6.07) is -0.988. The zero-order chi connectivity index (χ0) is 44.5. The van der Waals surface area contributed by atoms with Crippen molar-refractivity contribution in [1.82, 2.24) is 5.32 Å². The molecule has 0 rings (SSSR count). The van der Waals surface area contributed by atoms with E-state index in [9.17, 15) is 25.2 Å². The number of unbranched alkanes of at least 4 members (excludes halogenated alkanes) is 40. The third kappa shape index (κ3) is 44.1. The fourth-order valence-corrected chi connectivity index (χ4v) is 8.87. The second-order valence-corrected chi connectivity index (χ2v) is 19.3. The molecule has 0 heterocycles. The van der Waals surface area contributed by atoms with E-state index in [1.54, 1.807) is 0 Å². The first kappa shape index (κ1) is 60.1. The molecule has 4 unspecified atom stereocenters. The van der Waals surface area contributed by atoms with Crippen molar-refractivity contribution in [3.05, 3.63) is 12.2 Å². The van der Waals surface area contributed by atoms with Crippen LogP contribution in [-0.2, 0) is 4.79 Å². The number of hydrogen-bond acceptors (Lipinski definition) is 5. The van der Waals surface area contributed by atoms with Gasteiger partial charge in [-0.2, -0.15) is 0 Å². The summed E-state index contributed by atoms with van der Waals surface area (Å²) in [6.07, 6.45) is 58.5. The molecule has 0 bridgehead atoms. The van der Waals surface area contributed by atoms with Crippen LogP contribution in [0.4, 0.5) is 0 Å². The second-order valence-electron chi connectivity index (χ2n) is 19.3. The molecule has 0 aromatic carbocycles. The van der Waals surface area contributed by atoms with Gasteiger partial charge in [0.2, 0.25) is 5.91 Å². The summed E-state index contributed by atoms with van der Waals surface area (Å²) in [5, 5.41) is 43.9. The minimum atomic E-state index is -1.26. The highest BCUT2D eigenvalue weighted by molar-refractivity contribution is 5.80. The molecule has 0 aliphatic rings. The Labute approximate surface area is 381 Å². The number of carbonyl (C=O) groups excluding carboxylic acids is 1. The first-order valence-electron chi connectivity index (χ1n) is 27.6. The number of amides is 1. The first-order chi connectivity index (χ1) is 30.0. The summed E-state index contributed by atoms with van der Waals surface area (Å²) in [5.41, 5.74) is 0. The van der Waals surface area contributed by atoms with Crippen molar-refractivity contribution in [3.63, 3.8) is 0 Å². The largest absolute Gasteiger partial charge is 0.394 e. The molecule has 0 aromatic heterocycles.